The van der Waals surface area contributed by atoms with E-state index in [0.717, 1.165) is 44.5 Å². The second-order valence-corrected chi connectivity index (χ2v) is 7.95. The van der Waals surface area contributed by atoms with Crippen molar-refractivity contribution in [3.05, 3.63) is 24.3 Å². The maximum Gasteiger partial charge on any atom is 0.320 e. The molecular formula is C21H31N3O3. The molecule has 1 aliphatic heterocycles. The number of rotatable bonds is 4. The Morgan fingerprint density at radius 1 is 1.11 bits per heavy atom. The number of anilines is 1. The molecule has 1 atom stereocenters. The number of nitrogens with one attached hydrogen (secondary N) is 2. The van der Waals surface area contributed by atoms with E-state index >= 15 is 0 Å². The lowest BCUT2D eigenvalue weighted by Gasteiger charge is -2.42. The molecule has 0 spiro atoms. The molecule has 0 unspecified atom stereocenters. The summed E-state index contributed by atoms with van der Waals surface area (Å²) in [5, 5.41) is 5.90. The van der Waals surface area contributed by atoms with E-state index in [1.165, 1.54) is 6.42 Å². The summed E-state index contributed by atoms with van der Waals surface area (Å²) < 4.78 is 5.14. The zero-order valence-corrected chi connectivity index (χ0v) is 16.4. The highest BCUT2D eigenvalue weighted by molar-refractivity contribution is 5.96. The van der Waals surface area contributed by atoms with Crippen molar-refractivity contribution in [1.82, 2.24) is 10.2 Å². The Balaban J connectivity index is 1.69. The molecule has 0 bridgehead atoms. The summed E-state index contributed by atoms with van der Waals surface area (Å²) in [6.45, 7) is 3.78. The Labute approximate surface area is 161 Å². The van der Waals surface area contributed by atoms with Crippen LogP contribution in [0.4, 0.5) is 10.5 Å². The lowest BCUT2D eigenvalue weighted by molar-refractivity contribution is -0.141. The molecule has 2 N–H and O–H groups in total. The lowest BCUT2D eigenvalue weighted by Crippen LogP contribution is -2.62. The zero-order chi connectivity index (χ0) is 19.3. The van der Waals surface area contributed by atoms with Crippen molar-refractivity contribution in [2.75, 3.05) is 25.5 Å². The molecule has 2 fully saturated rings. The van der Waals surface area contributed by atoms with Gasteiger partial charge in [0.2, 0.25) is 5.91 Å². The van der Waals surface area contributed by atoms with Gasteiger partial charge in [0.05, 0.1) is 7.11 Å². The van der Waals surface area contributed by atoms with Gasteiger partial charge in [0.15, 0.2) is 0 Å². The Morgan fingerprint density at radius 2 is 1.81 bits per heavy atom. The molecule has 0 aromatic heterocycles. The minimum Gasteiger partial charge on any atom is -0.497 e. The third-order valence-electron chi connectivity index (χ3n) is 5.76. The second kappa shape index (κ2) is 8.63. The van der Waals surface area contributed by atoms with Gasteiger partial charge in [-0.15, -0.1) is 0 Å². The molecule has 1 heterocycles. The van der Waals surface area contributed by atoms with Gasteiger partial charge in [-0.05, 0) is 55.9 Å². The van der Waals surface area contributed by atoms with E-state index in [0.29, 0.717) is 24.4 Å². The van der Waals surface area contributed by atoms with E-state index in [2.05, 4.69) is 17.6 Å². The predicted molar refractivity (Wildman–Crippen MR) is 106 cm³/mol. The number of carbonyl (C=O) groups excluding carboxylic acids is 2. The molecule has 1 aromatic rings. The normalized spacial score (nSPS) is 22.0. The van der Waals surface area contributed by atoms with Crippen LogP contribution in [0.2, 0.25) is 0 Å². The fourth-order valence-corrected chi connectivity index (χ4v) is 4.28. The summed E-state index contributed by atoms with van der Waals surface area (Å²) in [4.78, 5) is 28.0. The highest BCUT2D eigenvalue weighted by atomic mass is 16.5. The summed E-state index contributed by atoms with van der Waals surface area (Å²) in [6, 6.07) is 6.86. The molecule has 27 heavy (non-hydrogen) atoms. The molecule has 1 aromatic carbocycles. The molecule has 148 valence electrons. The van der Waals surface area contributed by atoms with Gasteiger partial charge in [-0.25, -0.2) is 4.79 Å². The monoisotopic (exact) mass is 373 g/mol. The van der Waals surface area contributed by atoms with Crippen molar-refractivity contribution in [1.29, 1.82) is 0 Å². The zero-order valence-electron chi connectivity index (χ0n) is 16.4. The van der Waals surface area contributed by atoms with Gasteiger partial charge < -0.3 is 20.3 Å². The van der Waals surface area contributed by atoms with Crippen molar-refractivity contribution in [3.8, 4) is 5.75 Å². The standard InChI is InChI=1S/C21H31N3O3/c1-16-7-6-14-24(15-16)19(25)21(12-4-3-5-13-21)23-20(26)22-17-8-10-18(27-2)11-9-17/h8-11,16H,3-7,12-15H2,1-2H3,(H2,22,23,26)/t16-/m1/s1. The molecule has 3 amide bonds. The van der Waals surface area contributed by atoms with Crippen molar-refractivity contribution < 1.29 is 14.3 Å². The van der Waals surface area contributed by atoms with Crippen LogP contribution in [0.15, 0.2) is 24.3 Å². The van der Waals surface area contributed by atoms with Crippen LogP contribution in [0, 0.1) is 5.92 Å². The van der Waals surface area contributed by atoms with Crippen LogP contribution >= 0.6 is 0 Å². The van der Waals surface area contributed by atoms with Crippen LogP contribution in [0.5, 0.6) is 5.75 Å². The van der Waals surface area contributed by atoms with Crippen LogP contribution in [0.25, 0.3) is 0 Å². The smallest absolute Gasteiger partial charge is 0.320 e. The van der Waals surface area contributed by atoms with E-state index in [4.69, 9.17) is 4.74 Å². The van der Waals surface area contributed by atoms with E-state index in [9.17, 15) is 9.59 Å². The topological polar surface area (TPSA) is 70.7 Å². The number of amides is 3. The van der Waals surface area contributed by atoms with Gasteiger partial charge in [-0.2, -0.15) is 0 Å². The number of hydrogen-bond donors (Lipinski definition) is 2. The molecule has 2 aliphatic rings. The van der Waals surface area contributed by atoms with Crippen LogP contribution in [-0.4, -0.2) is 42.6 Å². The summed E-state index contributed by atoms with van der Waals surface area (Å²) in [6.07, 6.45) is 6.70. The van der Waals surface area contributed by atoms with Crippen LogP contribution in [-0.2, 0) is 4.79 Å². The summed E-state index contributed by atoms with van der Waals surface area (Å²) in [7, 11) is 1.61. The number of benzene rings is 1. The average Bonchev–Trinajstić information content (AvgIpc) is 2.68. The van der Waals surface area contributed by atoms with Gasteiger partial charge in [0.1, 0.15) is 11.3 Å². The molecule has 1 aliphatic carbocycles. The average molecular weight is 373 g/mol. The molecule has 6 nitrogen and oxygen atoms in total. The van der Waals surface area contributed by atoms with Crippen molar-refractivity contribution in [2.45, 2.75) is 57.4 Å². The third kappa shape index (κ3) is 4.73. The number of urea groups is 1. The minimum atomic E-state index is -0.772. The number of methoxy groups -OCH3 is 1. The van der Waals surface area contributed by atoms with Gasteiger partial charge in [-0.3, -0.25) is 4.79 Å². The maximum absolute atomic E-state index is 13.4. The first-order valence-corrected chi connectivity index (χ1v) is 10.0. The fourth-order valence-electron chi connectivity index (χ4n) is 4.28. The SMILES string of the molecule is COc1ccc(NC(=O)NC2(C(=O)N3CCC[C@@H](C)C3)CCCCC2)cc1. The second-order valence-electron chi connectivity index (χ2n) is 7.95. The van der Waals surface area contributed by atoms with Gasteiger partial charge in [0.25, 0.3) is 0 Å². The molecule has 6 heteroatoms. The number of carbonyl (C=O) groups is 2. The first kappa shape index (κ1) is 19.5. The van der Waals surface area contributed by atoms with E-state index in [1.807, 2.05) is 4.90 Å². The van der Waals surface area contributed by atoms with E-state index < -0.39 is 5.54 Å². The molecule has 1 saturated heterocycles. The van der Waals surface area contributed by atoms with Crippen LogP contribution in [0.1, 0.15) is 51.9 Å². The van der Waals surface area contributed by atoms with E-state index in [-0.39, 0.29) is 11.9 Å². The summed E-state index contributed by atoms with van der Waals surface area (Å²) in [5.74, 6) is 1.36. The van der Waals surface area contributed by atoms with Gasteiger partial charge in [-0.1, -0.05) is 26.2 Å². The van der Waals surface area contributed by atoms with Crippen molar-refractivity contribution >= 4 is 17.6 Å². The van der Waals surface area contributed by atoms with Crippen molar-refractivity contribution in [3.63, 3.8) is 0 Å². The fraction of sp³-hybridized carbons (Fsp3) is 0.619. The minimum absolute atomic E-state index is 0.0960. The first-order valence-electron chi connectivity index (χ1n) is 10.0. The number of nitrogens with zero attached hydrogens (tertiary/aromatic N) is 1. The Bertz CT molecular complexity index is 653. The highest BCUT2D eigenvalue weighted by Gasteiger charge is 2.44. The predicted octanol–water partition coefficient (Wildman–Crippen LogP) is 3.78. The molecule has 1 saturated carbocycles. The molecule has 0 radical (unpaired) electrons. The number of hydrogen-bond acceptors (Lipinski definition) is 3. The lowest BCUT2D eigenvalue weighted by atomic mass is 9.80. The number of likely N-dealkylation sites (tertiary alicyclic amines) is 1. The van der Waals surface area contributed by atoms with Crippen molar-refractivity contribution in [2.24, 2.45) is 5.92 Å². The summed E-state index contributed by atoms with van der Waals surface area (Å²) >= 11 is 0. The maximum atomic E-state index is 13.4. The Hall–Kier alpha value is -2.24. The number of piperidine rings is 1. The quantitative estimate of drug-likeness (QED) is 0.844. The largest absolute Gasteiger partial charge is 0.497 e. The van der Waals surface area contributed by atoms with E-state index in [1.54, 1.807) is 31.4 Å². The first-order chi connectivity index (χ1) is 13.0. The van der Waals surface area contributed by atoms with Gasteiger partial charge >= 0.3 is 6.03 Å². The van der Waals surface area contributed by atoms with Crippen LogP contribution in [0.3, 0.4) is 0 Å². The molecular weight excluding hydrogens is 342 g/mol. The highest BCUT2D eigenvalue weighted by Crippen LogP contribution is 2.32. The van der Waals surface area contributed by atoms with Crippen LogP contribution < -0.4 is 15.4 Å². The third-order valence-corrected chi connectivity index (χ3v) is 5.76. The molecule has 3 rings (SSSR count). The summed E-state index contributed by atoms with van der Waals surface area (Å²) in [5.41, 5.74) is -0.0930. The number of ether oxygens (including phenoxy) is 1. The van der Waals surface area contributed by atoms with Gasteiger partial charge in [0, 0.05) is 18.8 Å². The Morgan fingerprint density at radius 3 is 2.44 bits per heavy atom. The Kier molecular flexibility index (Phi) is 6.24.